The summed E-state index contributed by atoms with van der Waals surface area (Å²) in [6, 6.07) is 15.3. The zero-order valence-electron chi connectivity index (χ0n) is 13.7. The van der Waals surface area contributed by atoms with Gasteiger partial charge in [0.05, 0.1) is 0 Å². The Labute approximate surface area is 141 Å². The monoisotopic (exact) mass is 320 g/mol. The minimum Gasteiger partial charge on any atom is -0.323 e. The maximum absolute atomic E-state index is 12.0. The van der Waals surface area contributed by atoms with E-state index in [4.69, 9.17) is 0 Å². The molecule has 0 radical (unpaired) electrons. The summed E-state index contributed by atoms with van der Waals surface area (Å²) in [5.41, 5.74) is 3.77. The standard InChI is InChI=1S/C20H20N2O2/c1-15-4-6-16(7-5-15)8-13-19(23)21-17-9-11-18(12-10-17)22-14-2-3-20(22)24/h4-13H,2-3,14H2,1H3,(H,21,23)/b13-8+. The Kier molecular flexibility index (Phi) is 4.75. The summed E-state index contributed by atoms with van der Waals surface area (Å²) < 4.78 is 0. The molecule has 0 atom stereocenters. The van der Waals surface area contributed by atoms with E-state index >= 15 is 0 Å². The van der Waals surface area contributed by atoms with Crippen LogP contribution >= 0.6 is 0 Å². The molecule has 1 aliphatic heterocycles. The second kappa shape index (κ2) is 7.13. The number of nitrogens with zero attached hydrogens (tertiary/aromatic N) is 1. The lowest BCUT2D eigenvalue weighted by Gasteiger charge is -2.15. The Morgan fingerprint density at radius 1 is 1.08 bits per heavy atom. The molecule has 0 bridgehead atoms. The van der Waals surface area contributed by atoms with E-state index in [1.165, 1.54) is 11.6 Å². The molecule has 0 saturated carbocycles. The number of carbonyl (C=O) groups is 2. The van der Waals surface area contributed by atoms with E-state index in [9.17, 15) is 9.59 Å². The van der Waals surface area contributed by atoms with Crippen LogP contribution in [0.1, 0.15) is 24.0 Å². The summed E-state index contributed by atoms with van der Waals surface area (Å²) in [7, 11) is 0. The molecular formula is C20H20N2O2. The summed E-state index contributed by atoms with van der Waals surface area (Å²) in [5.74, 6) is -0.0200. The van der Waals surface area contributed by atoms with Crippen molar-refractivity contribution in [1.29, 1.82) is 0 Å². The SMILES string of the molecule is Cc1ccc(/C=C/C(=O)Nc2ccc(N3CCCC3=O)cc2)cc1. The van der Waals surface area contributed by atoms with E-state index in [1.807, 2.05) is 55.5 Å². The van der Waals surface area contributed by atoms with E-state index in [0.29, 0.717) is 12.1 Å². The third kappa shape index (κ3) is 3.90. The third-order valence-electron chi connectivity index (χ3n) is 4.02. The second-order valence-corrected chi connectivity index (χ2v) is 5.93. The first kappa shape index (κ1) is 16.0. The van der Waals surface area contributed by atoms with Crippen LogP contribution in [0.15, 0.2) is 54.6 Å². The lowest BCUT2D eigenvalue weighted by atomic mass is 10.1. The molecular weight excluding hydrogens is 300 g/mol. The maximum atomic E-state index is 12.0. The number of anilines is 2. The Morgan fingerprint density at radius 2 is 1.79 bits per heavy atom. The minimum absolute atomic E-state index is 0.160. The van der Waals surface area contributed by atoms with Gasteiger partial charge in [0, 0.05) is 30.4 Å². The first-order chi connectivity index (χ1) is 11.6. The van der Waals surface area contributed by atoms with Crippen LogP contribution in [-0.4, -0.2) is 18.4 Å². The zero-order chi connectivity index (χ0) is 16.9. The summed E-state index contributed by atoms with van der Waals surface area (Å²) in [4.78, 5) is 25.5. The van der Waals surface area contributed by atoms with Crippen LogP contribution in [0.25, 0.3) is 6.08 Å². The molecule has 1 heterocycles. The molecule has 4 nitrogen and oxygen atoms in total. The molecule has 1 saturated heterocycles. The molecule has 2 amide bonds. The van der Waals surface area contributed by atoms with Gasteiger partial charge in [-0.25, -0.2) is 0 Å². The van der Waals surface area contributed by atoms with Crippen LogP contribution in [0.5, 0.6) is 0 Å². The Morgan fingerprint density at radius 3 is 2.42 bits per heavy atom. The molecule has 122 valence electrons. The van der Waals surface area contributed by atoms with E-state index < -0.39 is 0 Å². The lowest BCUT2D eigenvalue weighted by Crippen LogP contribution is -2.23. The number of benzene rings is 2. The van der Waals surface area contributed by atoms with Gasteiger partial charge in [-0.3, -0.25) is 9.59 Å². The van der Waals surface area contributed by atoms with Gasteiger partial charge in [-0.05, 0) is 49.2 Å². The van der Waals surface area contributed by atoms with Crippen LogP contribution < -0.4 is 10.2 Å². The lowest BCUT2D eigenvalue weighted by molar-refractivity contribution is -0.117. The fourth-order valence-electron chi connectivity index (χ4n) is 2.68. The van der Waals surface area contributed by atoms with Crippen molar-refractivity contribution >= 4 is 29.3 Å². The molecule has 1 N–H and O–H groups in total. The van der Waals surface area contributed by atoms with Crippen LogP contribution in [0.4, 0.5) is 11.4 Å². The van der Waals surface area contributed by atoms with Crippen molar-refractivity contribution in [3.8, 4) is 0 Å². The number of carbonyl (C=O) groups excluding carboxylic acids is 2. The molecule has 1 fully saturated rings. The van der Waals surface area contributed by atoms with Gasteiger partial charge in [-0.2, -0.15) is 0 Å². The Bertz CT molecular complexity index is 761. The first-order valence-electron chi connectivity index (χ1n) is 8.08. The van der Waals surface area contributed by atoms with Gasteiger partial charge < -0.3 is 10.2 Å². The highest BCUT2D eigenvalue weighted by atomic mass is 16.2. The van der Waals surface area contributed by atoms with Gasteiger partial charge >= 0.3 is 0 Å². The quantitative estimate of drug-likeness (QED) is 0.872. The molecule has 0 spiro atoms. The second-order valence-electron chi connectivity index (χ2n) is 5.93. The van der Waals surface area contributed by atoms with Crippen molar-refractivity contribution in [1.82, 2.24) is 0 Å². The molecule has 3 rings (SSSR count). The topological polar surface area (TPSA) is 49.4 Å². The van der Waals surface area contributed by atoms with Gasteiger partial charge in [0.2, 0.25) is 11.8 Å². The summed E-state index contributed by atoms with van der Waals surface area (Å²) in [6.07, 6.45) is 4.82. The van der Waals surface area contributed by atoms with E-state index in [2.05, 4.69) is 5.32 Å². The number of hydrogen-bond donors (Lipinski definition) is 1. The maximum Gasteiger partial charge on any atom is 0.248 e. The number of nitrogens with one attached hydrogen (secondary N) is 1. The molecule has 0 aromatic heterocycles. The number of rotatable bonds is 4. The van der Waals surface area contributed by atoms with Gasteiger partial charge in [0.25, 0.3) is 0 Å². The van der Waals surface area contributed by atoms with Gasteiger partial charge in [0.15, 0.2) is 0 Å². The predicted molar refractivity (Wildman–Crippen MR) is 96.9 cm³/mol. The van der Waals surface area contributed by atoms with E-state index in [0.717, 1.165) is 24.2 Å². The fourth-order valence-corrected chi connectivity index (χ4v) is 2.68. The third-order valence-corrected chi connectivity index (χ3v) is 4.02. The van der Waals surface area contributed by atoms with Gasteiger partial charge in [-0.1, -0.05) is 29.8 Å². The number of aryl methyl sites for hydroxylation is 1. The van der Waals surface area contributed by atoms with Crippen LogP contribution in [0.3, 0.4) is 0 Å². The Balaban J connectivity index is 1.60. The molecule has 0 aliphatic carbocycles. The zero-order valence-corrected chi connectivity index (χ0v) is 13.7. The van der Waals surface area contributed by atoms with Crippen molar-refractivity contribution in [3.63, 3.8) is 0 Å². The van der Waals surface area contributed by atoms with Gasteiger partial charge in [-0.15, -0.1) is 0 Å². The van der Waals surface area contributed by atoms with Crippen LogP contribution in [0.2, 0.25) is 0 Å². The summed E-state index contributed by atoms with van der Waals surface area (Å²) >= 11 is 0. The van der Waals surface area contributed by atoms with Crippen LogP contribution in [-0.2, 0) is 9.59 Å². The average molecular weight is 320 g/mol. The molecule has 4 heteroatoms. The van der Waals surface area contributed by atoms with Crippen LogP contribution in [0, 0.1) is 6.92 Å². The smallest absolute Gasteiger partial charge is 0.248 e. The largest absolute Gasteiger partial charge is 0.323 e. The van der Waals surface area contributed by atoms with Crippen molar-refractivity contribution in [3.05, 3.63) is 65.7 Å². The molecule has 0 unspecified atom stereocenters. The highest BCUT2D eigenvalue weighted by Gasteiger charge is 2.21. The van der Waals surface area contributed by atoms with Crippen molar-refractivity contribution in [2.24, 2.45) is 0 Å². The molecule has 2 aromatic rings. The first-order valence-corrected chi connectivity index (χ1v) is 8.08. The van der Waals surface area contributed by atoms with Gasteiger partial charge in [0.1, 0.15) is 0 Å². The molecule has 2 aromatic carbocycles. The minimum atomic E-state index is -0.180. The fraction of sp³-hybridized carbons (Fsp3) is 0.200. The molecule has 24 heavy (non-hydrogen) atoms. The number of hydrogen-bond acceptors (Lipinski definition) is 2. The van der Waals surface area contributed by atoms with Crippen molar-refractivity contribution < 1.29 is 9.59 Å². The average Bonchev–Trinajstić information content (AvgIpc) is 3.01. The van der Waals surface area contributed by atoms with Crippen molar-refractivity contribution in [2.45, 2.75) is 19.8 Å². The Hall–Kier alpha value is -2.88. The highest BCUT2D eigenvalue weighted by Crippen LogP contribution is 2.23. The normalized spacial score (nSPS) is 14.4. The van der Waals surface area contributed by atoms with E-state index in [1.54, 1.807) is 11.0 Å². The van der Waals surface area contributed by atoms with Crippen molar-refractivity contribution in [2.75, 3.05) is 16.8 Å². The predicted octanol–water partition coefficient (Wildman–Crippen LogP) is 3.77. The van der Waals surface area contributed by atoms with E-state index in [-0.39, 0.29) is 11.8 Å². The summed E-state index contributed by atoms with van der Waals surface area (Å²) in [5, 5.41) is 2.82. The molecule has 1 aliphatic rings. The summed E-state index contributed by atoms with van der Waals surface area (Å²) in [6.45, 7) is 2.80. The number of amides is 2. The highest BCUT2D eigenvalue weighted by molar-refractivity contribution is 6.02.